The summed E-state index contributed by atoms with van der Waals surface area (Å²) in [6, 6.07) is 4.70. The Morgan fingerprint density at radius 1 is 1.53 bits per heavy atom. The second kappa shape index (κ2) is 6.15. The predicted octanol–water partition coefficient (Wildman–Crippen LogP) is 2.54. The molecule has 0 saturated heterocycles. The van der Waals surface area contributed by atoms with E-state index in [1.807, 2.05) is 0 Å². The first-order valence-corrected chi connectivity index (χ1v) is 6.93. The Kier molecular flexibility index (Phi) is 4.53. The third kappa shape index (κ3) is 3.13. The lowest BCUT2D eigenvalue weighted by Crippen LogP contribution is -2.37. The van der Waals surface area contributed by atoms with Gasteiger partial charge >= 0.3 is 0 Å². The van der Waals surface area contributed by atoms with Gasteiger partial charge in [-0.15, -0.1) is 11.6 Å². The lowest BCUT2D eigenvalue weighted by atomic mass is 10.1. The SMILES string of the molecule is COc1ccc(O)c(C(=O)NC2CCCC2CCl)c1. The van der Waals surface area contributed by atoms with Crippen LogP contribution in [0.4, 0.5) is 0 Å². The van der Waals surface area contributed by atoms with Gasteiger partial charge in [-0.25, -0.2) is 0 Å². The highest BCUT2D eigenvalue weighted by Crippen LogP contribution is 2.28. The Bertz CT molecular complexity index is 464. The van der Waals surface area contributed by atoms with Crippen LogP contribution >= 0.6 is 11.6 Å². The molecule has 1 aliphatic carbocycles. The molecule has 4 nitrogen and oxygen atoms in total. The zero-order chi connectivity index (χ0) is 13.8. The van der Waals surface area contributed by atoms with Crippen LogP contribution in [-0.2, 0) is 0 Å². The second-order valence-electron chi connectivity index (χ2n) is 4.81. The topological polar surface area (TPSA) is 58.6 Å². The first-order valence-electron chi connectivity index (χ1n) is 6.39. The smallest absolute Gasteiger partial charge is 0.255 e. The van der Waals surface area contributed by atoms with Crippen molar-refractivity contribution in [3.63, 3.8) is 0 Å². The fraction of sp³-hybridized carbons (Fsp3) is 0.500. The van der Waals surface area contributed by atoms with E-state index in [2.05, 4.69) is 5.32 Å². The largest absolute Gasteiger partial charge is 0.507 e. The average Bonchev–Trinajstić information content (AvgIpc) is 2.86. The predicted molar refractivity (Wildman–Crippen MR) is 74.0 cm³/mol. The van der Waals surface area contributed by atoms with Crippen molar-refractivity contribution in [3.05, 3.63) is 23.8 Å². The maximum absolute atomic E-state index is 12.2. The van der Waals surface area contributed by atoms with E-state index in [9.17, 15) is 9.90 Å². The van der Waals surface area contributed by atoms with Crippen LogP contribution in [-0.4, -0.2) is 30.0 Å². The number of phenolic OH excluding ortho intramolecular Hbond substituents is 1. The maximum Gasteiger partial charge on any atom is 0.255 e. The summed E-state index contributed by atoms with van der Waals surface area (Å²) in [5.41, 5.74) is 0.236. The molecular formula is C14H18ClNO3. The number of methoxy groups -OCH3 is 1. The van der Waals surface area contributed by atoms with Crippen LogP contribution in [0, 0.1) is 5.92 Å². The highest BCUT2D eigenvalue weighted by molar-refractivity contribution is 6.18. The molecule has 2 unspecified atom stereocenters. The number of aromatic hydroxyl groups is 1. The summed E-state index contributed by atoms with van der Waals surface area (Å²) in [5.74, 6) is 1.09. The van der Waals surface area contributed by atoms with E-state index < -0.39 is 0 Å². The zero-order valence-corrected chi connectivity index (χ0v) is 11.6. The Morgan fingerprint density at radius 3 is 3.00 bits per heavy atom. The lowest BCUT2D eigenvalue weighted by molar-refractivity contribution is 0.0927. The Labute approximate surface area is 117 Å². The number of halogens is 1. The quantitative estimate of drug-likeness (QED) is 0.835. The summed E-state index contributed by atoms with van der Waals surface area (Å²) in [5, 5.41) is 12.7. The van der Waals surface area contributed by atoms with Gasteiger partial charge in [0.25, 0.3) is 5.91 Å². The molecule has 1 aromatic carbocycles. The molecule has 0 radical (unpaired) electrons. The lowest BCUT2D eigenvalue weighted by Gasteiger charge is -2.19. The van der Waals surface area contributed by atoms with Crippen LogP contribution in [0.3, 0.4) is 0 Å². The average molecular weight is 284 g/mol. The molecule has 0 bridgehead atoms. The van der Waals surface area contributed by atoms with Crippen molar-refractivity contribution in [1.82, 2.24) is 5.32 Å². The van der Waals surface area contributed by atoms with Gasteiger partial charge in [-0.1, -0.05) is 6.42 Å². The molecule has 2 atom stereocenters. The molecule has 1 aromatic rings. The van der Waals surface area contributed by atoms with Crippen molar-refractivity contribution in [2.45, 2.75) is 25.3 Å². The molecule has 104 valence electrons. The number of hydrogen-bond acceptors (Lipinski definition) is 3. The zero-order valence-electron chi connectivity index (χ0n) is 10.9. The number of benzene rings is 1. The highest BCUT2D eigenvalue weighted by atomic mass is 35.5. The fourth-order valence-electron chi connectivity index (χ4n) is 2.48. The van der Waals surface area contributed by atoms with Crippen LogP contribution in [0.5, 0.6) is 11.5 Å². The summed E-state index contributed by atoms with van der Waals surface area (Å²) in [6.45, 7) is 0. The number of carbonyl (C=O) groups excluding carboxylic acids is 1. The number of carbonyl (C=O) groups is 1. The van der Waals surface area contributed by atoms with Crippen molar-refractivity contribution in [1.29, 1.82) is 0 Å². The highest BCUT2D eigenvalue weighted by Gasteiger charge is 2.28. The molecule has 0 aromatic heterocycles. The van der Waals surface area contributed by atoms with Gasteiger partial charge in [0.05, 0.1) is 12.7 Å². The van der Waals surface area contributed by atoms with Gasteiger partial charge in [-0.3, -0.25) is 4.79 Å². The molecule has 2 rings (SSSR count). The first-order chi connectivity index (χ1) is 9.15. The van der Waals surface area contributed by atoms with Crippen LogP contribution in [0.15, 0.2) is 18.2 Å². The van der Waals surface area contributed by atoms with E-state index in [1.54, 1.807) is 6.07 Å². The minimum Gasteiger partial charge on any atom is -0.507 e. The van der Waals surface area contributed by atoms with Crippen molar-refractivity contribution < 1.29 is 14.6 Å². The number of hydrogen-bond donors (Lipinski definition) is 2. The van der Waals surface area contributed by atoms with Crippen LogP contribution in [0.2, 0.25) is 0 Å². The minimum absolute atomic E-state index is 0.0429. The number of rotatable bonds is 4. The Hall–Kier alpha value is -1.42. The Balaban J connectivity index is 2.11. The van der Waals surface area contributed by atoms with Crippen LogP contribution in [0.25, 0.3) is 0 Å². The molecule has 5 heteroatoms. The number of amides is 1. The summed E-state index contributed by atoms with van der Waals surface area (Å²) in [4.78, 5) is 12.2. The van der Waals surface area contributed by atoms with E-state index in [0.29, 0.717) is 17.5 Å². The molecule has 19 heavy (non-hydrogen) atoms. The van der Waals surface area contributed by atoms with E-state index in [0.717, 1.165) is 19.3 Å². The monoisotopic (exact) mass is 283 g/mol. The molecule has 1 fully saturated rings. The molecule has 0 spiro atoms. The molecule has 0 heterocycles. The van der Waals surface area contributed by atoms with Gasteiger partial charge in [0.1, 0.15) is 11.5 Å². The van der Waals surface area contributed by atoms with Gasteiger partial charge in [0.15, 0.2) is 0 Å². The van der Waals surface area contributed by atoms with Gasteiger partial charge in [-0.2, -0.15) is 0 Å². The van der Waals surface area contributed by atoms with E-state index >= 15 is 0 Å². The van der Waals surface area contributed by atoms with Crippen molar-refractivity contribution in [2.75, 3.05) is 13.0 Å². The third-order valence-electron chi connectivity index (χ3n) is 3.62. The van der Waals surface area contributed by atoms with Crippen molar-refractivity contribution in [2.24, 2.45) is 5.92 Å². The molecule has 1 saturated carbocycles. The third-order valence-corrected chi connectivity index (χ3v) is 4.02. The van der Waals surface area contributed by atoms with E-state index in [4.69, 9.17) is 16.3 Å². The summed E-state index contributed by atoms with van der Waals surface area (Å²) in [6.07, 6.45) is 3.05. The maximum atomic E-state index is 12.2. The second-order valence-corrected chi connectivity index (χ2v) is 5.12. The molecule has 0 aliphatic heterocycles. The summed E-state index contributed by atoms with van der Waals surface area (Å²) < 4.78 is 5.06. The normalized spacial score (nSPS) is 22.2. The molecular weight excluding hydrogens is 266 g/mol. The summed E-state index contributed by atoms with van der Waals surface area (Å²) >= 11 is 5.89. The van der Waals surface area contributed by atoms with E-state index in [1.165, 1.54) is 19.2 Å². The fourth-order valence-corrected chi connectivity index (χ4v) is 2.85. The van der Waals surface area contributed by atoms with Crippen molar-refractivity contribution >= 4 is 17.5 Å². The minimum atomic E-state index is -0.279. The number of phenols is 1. The first kappa shape index (κ1) is 14.0. The van der Waals surface area contributed by atoms with Crippen LogP contribution < -0.4 is 10.1 Å². The van der Waals surface area contributed by atoms with Gasteiger partial charge in [0.2, 0.25) is 0 Å². The summed E-state index contributed by atoms with van der Waals surface area (Å²) in [7, 11) is 1.52. The Morgan fingerprint density at radius 2 is 2.32 bits per heavy atom. The van der Waals surface area contributed by atoms with Gasteiger partial charge in [-0.05, 0) is 37.0 Å². The number of ether oxygens (including phenoxy) is 1. The standard InChI is InChI=1S/C14H18ClNO3/c1-19-10-5-6-13(17)11(7-10)14(18)16-12-4-2-3-9(12)8-15/h5-7,9,12,17H,2-4,8H2,1H3,(H,16,18). The number of alkyl halides is 1. The number of nitrogens with one attached hydrogen (secondary N) is 1. The van der Waals surface area contributed by atoms with E-state index in [-0.39, 0.29) is 23.3 Å². The molecule has 1 amide bonds. The molecule has 1 aliphatic rings. The van der Waals surface area contributed by atoms with Crippen molar-refractivity contribution in [3.8, 4) is 11.5 Å². The van der Waals surface area contributed by atoms with Crippen LogP contribution in [0.1, 0.15) is 29.6 Å². The van der Waals surface area contributed by atoms with Gasteiger partial charge in [0, 0.05) is 11.9 Å². The molecule has 2 N–H and O–H groups in total. The van der Waals surface area contributed by atoms with Gasteiger partial charge < -0.3 is 15.2 Å².